The van der Waals surface area contributed by atoms with E-state index in [1.54, 1.807) is 23.1 Å². The van der Waals surface area contributed by atoms with Gasteiger partial charge in [-0.3, -0.25) is 9.59 Å². The zero-order chi connectivity index (χ0) is 14.7. The monoisotopic (exact) mass is 275 g/mol. The molecule has 2 rings (SSSR count). The van der Waals surface area contributed by atoms with E-state index in [4.69, 9.17) is 5.11 Å². The number of hydrogen-bond acceptors (Lipinski definition) is 3. The molecule has 1 aliphatic heterocycles. The van der Waals surface area contributed by atoms with Gasteiger partial charge >= 0.3 is 5.97 Å². The highest BCUT2D eigenvalue weighted by molar-refractivity contribution is 5.80. The van der Waals surface area contributed by atoms with Crippen molar-refractivity contribution in [2.45, 2.75) is 18.9 Å². The van der Waals surface area contributed by atoms with E-state index in [9.17, 15) is 14.7 Å². The Morgan fingerprint density at radius 2 is 2.30 bits per heavy atom. The van der Waals surface area contributed by atoms with Crippen molar-refractivity contribution < 1.29 is 19.8 Å². The van der Waals surface area contributed by atoms with Crippen molar-refractivity contribution in [3.63, 3.8) is 0 Å². The molecule has 20 heavy (non-hydrogen) atoms. The number of phenolic OH excluding ortho intramolecular Hbond substituents is 1. The van der Waals surface area contributed by atoms with Crippen LogP contribution in [-0.4, -0.2) is 33.5 Å². The van der Waals surface area contributed by atoms with E-state index in [2.05, 4.69) is 6.58 Å². The van der Waals surface area contributed by atoms with Gasteiger partial charge < -0.3 is 15.1 Å². The normalized spacial score (nSPS) is 19.9. The van der Waals surface area contributed by atoms with E-state index in [0.29, 0.717) is 18.5 Å². The zero-order valence-electron chi connectivity index (χ0n) is 11.0. The van der Waals surface area contributed by atoms with E-state index in [1.807, 2.05) is 0 Å². The lowest BCUT2D eigenvalue weighted by Gasteiger charge is -2.27. The Morgan fingerprint density at radius 3 is 2.85 bits per heavy atom. The Kier molecular flexibility index (Phi) is 4.08. The van der Waals surface area contributed by atoms with Gasteiger partial charge in [-0.05, 0) is 17.7 Å². The minimum atomic E-state index is -0.979. The van der Waals surface area contributed by atoms with Gasteiger partial charge in [-0.15, -0.1) is 6.58 Å². The lowest BCUT2D eigenvalue weighted by atomic mass is 10.0. The van der Waals surface area contributed by atoms with Gasteiger partial charge in [-0.25, -0.2) is 0 Å². The molecule has 1 aliphatic rings. The standard InChI is InChI=1S/C15H17NO4/c1-2-10-6-14(18)16(9-10)13(8-15(19)20)11-4-3-5-12(17)7-11/h2-5,7,10,13,17H,1,6,8-9H2,(H,19,20). The summed E-state index contributed by atoms with van der Waals surface area (Å²) in [4.78, 5) is 24.7. The third-order valence-electron chi connectivity index (χ3n) is 3.52. The summed E-state index contributed by atoms with van der Waals surface area (Å²) < 4.78 is 0. The van der Waals surface area contributed by atoms with Crippen LogP contribution in [0, 0.1) is 5.92 Å². The van der Waals surface area contributed by atoms with Gasteiger partial charge in [0.25, 0.3) is 0 Å². The molecule has 106 valence electrons. The predicted octanol–water partition coefficient (Wildman–Crippen LogP) is 1.94. The first-order chi connectivity index (χ1) is 9.51. The molecule has 1 aromatic rings. The number of aliphatic carboxylic acids is 1. The second-order valence-electron chi connectivity index (χ2n) is 4.95. The second kappa shape index (κ2) is 5.77. The molecule has 2 unspecified atom stereocenters. The van der Waals surface area contributed by atoms with Crippen LogP contribution in [0.1, 0.15) is 24.4 Å². The summed E-state index contributed by atoms with van der Waals surface area (Å²) in [6.07, 6.45) is 1.90. The molecular formula is C15H17NO4. The summed E-state index contributed by atoms with van der Waals surface area (Å²) in [5, 5.41) is 18.6. The second-order valence-corrected chi connectivity index (χ2v) is 4.95. The van der Waals surface area contributed by atoms with Crippen LogP contribution >= 0.6 is 0 Å². The lowest BCUT2D eigenvalue weighted by Crippen LogP contribution is -2.31. The third kappa shape index (κ3) is 2.99. The molecule has 0 aliphatic carbocycles. The number of rotatable bonds is 5. The van der Waals surface area contributed by atoms with Crippen molar-refractivity contribution >= 4 is 11.9 Å². The van der Waals surface area contributed by atoms with Crippen LogP contribution in [0.25, 0.3) is 0 Å². The maximum absolute atomic E-state index is 12.0. The maximum Gasteiger partial charge on any atom is 0.305 e. The number of carbonyl (C=O) groups excluding carboxylic acids is 1. The van der Waals surface area contributed by atoms with Crippen molar-refractivity contribution in [2.75, 3.05) is 6.54 Å². The molecule has 1 fully saturated rings. The summed E-state index contributed by atoms with van der Waals surface area (Å²) in [7, 11) is 0. The summed E-state index contributed by atoms with van der Waals surface area (Å²) in [6, 6.07) is 5.83. The first-order valence-corrected chi connectivity index (χ1v) is 6.44. The predicted molar refractivity (Wildman–Crippen MR) is 73.1 cm³/mol. The number of phenols is 1. The van der Waals surface area contributed by atoms with Gasteiger partial charge in [0.1, 0.15) is 5.75 Å². The van der Waals surface area contributed by atoms with Crippen LogP contribution in [-0.2, 0) is 9.59 Å². The number of carboxylic acids is 1. The fraction of sp³-hybridized carbons (Fsp3) is 0.333. The number of hydrogen-bond donors (Lipinski definition) is 2. The number of nitrogens with zero attached hydrogens (tertiary/aromatic N) is 1. The molecule has 0 radical (unpaired) electrons. The summed E-state index contributed by atoms with van der Waals surface area (Å²) in [6.45, 7) is 4.15. The Morgan fingerprint density at radius 1 is 1.55 bits per heavy atom. The number of amides is 1. The largest absolute Gasteiger partial charge is 0.508 e. The molecule has 1 heterocycles. The molecule has 0 aromatic heterocycles. The van der Waals surface area contributed by atoms with E-state index in [0.717, 1.165) is 0 Å². The topological polar surface area (TPSA) is 77.8 Å². The number of carboxylic acid groups (broad SMARTS) is 1. The first kappa shape index (κ1) is 14.1. The van der Waals surface area contributed by atoms with Gasteiger partial charge in [-0.2, -0.15) is 0 Å². The highest BCUT2D eigenvalue weighted by Gasteiger charge is 2.34. The average Bonchev–Trinajstić information content (AvgIpc) is 2.77. The SMILES string of the molecule is C=CC1CC(=O)N(C(CC(=O)O)c2cccc(O)c2)C1. The number of likely N-dealkylation sites (tertiary alicyclic amines) is 1. The van der Waals surface area contributed by atoms with Crippen molar-refractivity contribution in [3.05, 3.63) is 42.5 Å². The molecule has 1 saturated heterocycles. The smallest absolute Gasteiger partial charge is 0.305 e. The summed E-state index contributed by atoms with van der Waals surface area (Å²) in [5.74, 6) is -0.946. The van der Waals surface area contributed by atoms with Gasteiger partial charge in [0.05, 0.1) is 12.5 Å². The van der Waals surface area contributed by atoms with Crippen molar-refractivity contribution in [3.8, 4) is 5.75 Å². The van der Waals surface area contributed by atoms with E-state index in [-0.39, 0.29) is 24.0 Å². The lowest BCUT2D eigenvalue weighted by molar-refractivity contribution is -0.139. The molecule has 0 bridgehead atoms. The van der Waals surface area contributed by atoms with E-state index >= 15 is 0 Å². The summed E-state index contributed by atoms with van der Waals surface area (Å²) in [5.41, 5.74) is 0.630. The minimum Gasteiger partial charge on any atom is -0.508 e. The average molecular weight is 275 g/mol. The molecule has 0 saturated carbocycles. The third-order valence-corrected chi connectivity index (χ3v) is 3.52. The quantitative estimate of drug-likeness (QED) is 0.805. The van der Waals surface area contributed by atoms with Crippen LogP contribution in [0.5, 0.6) is 5.75 Å². The number of aromatic hydroxyl groups is 1. The van der Waals surface area contributed by atoms with Crippen LogP contribution < -0.4 is 0 Å². The van der Waals surface area contributed by atoms with E-state index < -0.39 is 12.0 Å². The Balaban J connectivity index is 2.30. The van der Waals surface area contributed by atoms with Crippen molar-refractivity contribution in [1.29, 1.82) is 0 Å². The molecule has 5 heteroatoms. The Bertz CT molecular complexity index is 540. The van der Waals surface area contributed by atoms with Crippen molar-refractivity contribution in [1.82, 2.24) is 4.90 Å². The zero-order valence-corrected chi connectivity index (χ0v) is 11.0. The first-order valence-electron chi connectivity index (χ1n) is 6.44. The summed E-state index contributed by atoms with van der Waals surface area (Å²) >= 11 is 0. The Labute approximate surface area is 117 Å². The van der Waals surface area contributed by atoms with Gasteiger partial charge in [-0.1, -0.05) is 18.2 Å². The Hall–Kier alpha value is -2.30. The highest BCUT2D eigenvalue weighted by Crippen LogP contribution is 2.32. The molecule has 2 N–H and O–H groups in total. The number of benzene rings is 1. The van der Waals surface area contributed by atoms with Gasteiger partial charge in [0.2, 0.25) is 5.91 Å². The van der Waals surface area contributed by atoms with Crippen LogP contribution in [0.2, 0.25) is 0 Å². The maximum atomic E-state index is 12.0. The van der Waals surface area contributed by atoms with Gasteiger partial charge in [0.15, 0.2) is 0 Å². The highest BCUT2D eigenvalue weighted by atomic mass is 16.4. The molecular weight excluding hydrogens is 258 g/mol. The molecule has 1 amide bonds. The molecule has 2 atom stereocenters. The fourth-order valence-corrected chi connectivity index (χ4v) is 2.52. The fourth-order valence-electron chi connectivity index (χ4n) is 2.52. The number of carbonyl (C=O) groups is 2. The van der Waals surface area contributed by atoms with Crippen LogP contribution in [0.4, 0.5) is 0 Å². The molecule has 1 aromatic carbocycles. The van der Waals surface area contributed by atoms with Gasteiger partial charge in [0, 0.05) is 18.9 Å². The van der Waals surface area contributed by atoms with Crippen molar-refractivity contribution in [2.24, 2.45) is 5.92 Å². The van der Waals surface area contributed by atoms with Crippen LogP contribution in [0.15, 0.2) is 36.9 Å². The van der Waals surface area contributed by atoms with E-state index in [1.165, 1.54) is 12.1 Å². The minimum absolute atomic E-state index is 0.0519. The van der Waals surface area contributed by atoms with Crippen LogP contribution in [0.3, 0.4) is 0 Å². The molecule has 5 nitrogen and oxygen atoms in total. The molecule has 0 spiro atoms.